The van der Waals surface area contributed by atoms with Gasteiger partial charge in [0.15, 0.2) is 0 Å². The molecule has 2 heteroatoms. The zero-order valence-corrected chi connectivity index (χ0v) is 11.2. The molecule has 1 saturated carbocycles. The van der Waals surface area contributed by atoms with Gasteiger partial charge in [-0.3, -0.25) is 0 Å². The molecule has 2 rings (SSSR count). The van der Waals surface area contributed by atoms with Crippen LogP contribution in [0.15, 0.2) is 0 Å². The van der Waals surface area contributed by atoms with Gasteiger partial charge < -0.3 is 9.47 Å². The summed E-state index contributed by atoms with van der Waals surface area (Å²) in [6.07, 6.45) is 6.37. The molecule has 1 heterocycles. The van der Waals surface area contributed by atoms with Crippen molar-refractivity contribution < 1.29 is 9.47 Å². The lowest BCUT2D eigenvalue weighted by Gasteiger charge is -2.46. The molecule has 0 aromatic heterocycles. The van der Waals surface area contributed by atoms with Crippen LogP contribution in [0.3, 0.4) is 0 Å². The Bertz CT molecular complexity index is 236. The third-order valence-corrected chi connectivity index (χ3v) is 4.64. The van der Waals surface area contributed by atoms with Crippen LogP contribution in [0.1, 0.15) is 52.9 Å². The van der Waals surface area contributed by atoms with Gasteiger partial charge in [0.1, 0.15) is 0 Å². The van der Waals surface area contributed by atoms with E-state index in [2.05, 4.69) is 20.8 Å². The minimum atomic E-state index is 0.0660. The minimum absolute atomic E-state index is 0.0660. The monoisotopic (exact) mass is 226 g/mol. The van der Waals surface area contributed by atoms with Crippen molar-refractivity contribution in [2.45, 2.75) is 64.6 Å². The largest absolute Gasteiger partial charge is 0.378 e. The van der Waals surface area contributed by atoms with E-state index in [4.69, 9.17) is 9.47 Å². The second-order valence-corrected chi connectivity index (χ2v) is 6.58. The average Bonchev–Trinajstić information content (AvgIpc) is 2.66. The number of ether oxygens (including phenoxy) is 2. The molecule has 3 atom stereocenters. The van der Waals surface area contributed by atoms with Crippen molar-refractivity contribution in [3.8, 4) is 0 Å². The van der Waals surface area contributed by atoms with Gasteiger partial charge in [-0.05, 0) is 43.4 Å². The number of methoxy groups -OCH3 is 1. The van der Waals surface area contributed by atoms with Crippen LogP contribution < -0.4 is 0 Å². The quantitative estimate of drug-likeness (QED) is 0.682. The van der Waals surface area contributed by atoms with Crippen LogP contribution in [0.25, 0.3) is 0 Å². The Hall–Kier alpha value is -0.0800. The Morgan fingerprint density at radius 1 is 1.25 bits per heavy atom. The zero-order valence-electron chi connectivity index (χ0n) is 11.2. The molecule has 2 fully saturated rings. The highest BCUT2D eigenvalue weighted by molar-refractivity contribution is 4.99. The Morgan fingerprint density at radius 3 is 2.50 bits per heavy atom. The standard InChI is InChI=1S/C14H26O2/c1-13(2,3)11-6-8-14(7-5-9-16-14)12(10-11)15-4/h11-12H,5-10H2,1-4H3/t11-,12-,14+/m1/s1. The average molecular weight is 226 g/mol. The number of hydrogen-bond acceptors (Lipinski definition) is 2. The highest BCUT2D eigenvalue weighted by Crippen LogP contribution is 2.47. The zero-order chi connectivity index (χ0) is 11.8. The van der Waals surface area contributed by atoms with Gasteiger partial charge in [0, 0.05) is 13.7 Å². The van der Waals surface area contributed by atoms with E-state index in [9.17, 15) is 0 Å². The summed E-state index contributed by atoms with van der Waals surface area (Å²) < 4.78 is 11.8. The molecule has 0 amide bonds. The topological polar surface area (TPSA) is 18.5 Å². The van der Waals surface area contributed by atoms with Gasteiger partial charge in [-0.2, -0.15) is 0 Å². The molecule has 2 aliphatic rings. The lowest BCUT2D eigenvalue weighted by atomic mass is 9.66. The lowest BCUT2D eigenvalue weighted by molar-refractivity contribution is -0.145. The van der Waals surface area contributed by atoms with E-state index in [0.29, 0.717) is 11.5 Å². The fraction of sp³-hybridized carbons (Fsp3) is 1.00. The normalized spacial score (nSPS) is 40.5. The molecule has 0 aromatic rings. The van der Waals surface area contributed by atoms with Gasteiger partial charge in [-0.25, -0.2) is 0 Å². The highest BCUT2D eigenvalue weighted by atomic mass is 16.5. The van der Waals surface area contributed by atoms with Crippen LogP contribution in [0.2, 0.25) is 0 Å². The SMILES string of the molecule is CO[C@@H]1C[C@H](C(C)(C)C)CC[C@@]12CCCO2. The van der Waals surface area contributed by atoms with E-state index < -0.39 is 0 Å². The van der Waals surface area contributed by atoms with Gasteiger partial charge in [0.2, 0.25) is 0 Å². The summed E-state index contributed by atoms with van der Waals surface area (Å²) in [5, 5.41) is 0. The van der Waals surface area contributed by atoms with Gasteiger partial charge in [-0.1, -0.05) is 20.8 Å². The maximum Gasteiger partial charge on any atom is 0.0943 e. The molecule has 1 aliphatic carbocycles. The molecule has 1 spiro atoms. The minimum Gasteiger partial charge on any atom is -0.378 e. The van der Waals surface area contributed by atoms with E-state index in [-0.39, 0.29) is 5.60 Å². The summed E-state index contributed by atoms with van der Waals surface area (Å²) in [5.74, 6) is 0.771. The second-order valence-electron chi connectivity index (χ2n) is 6.58. The molecule has 1 aliphatic heterocycles. The van der Waals surface area contributed by atoms with Crippen molar-refractivity contribution >= 4 is 0 Å². The first-order chi connectivity index (χ1) is 7.48. The van der Waals surface area contributed by atoms with Crippen LogP contribution in [-0.2, 0) is 9.47 Å². The van der Waals surface area contributed by atoms with E-state index in [1.54, 1.807) is 0 Å². The summed E-state index contributed by atoms with van der Waals surface area (Å²) in [6, 6.07) is 0. The van der Waals surface area contributed by atoms with Crippen molar-refractivity contribution in [3.63, 3.8) is 0 Å². The predicted octanol–water partition coefficient (Wildman–Crippen LogP) is 3.40. The van der Waals surface area contributed by atoms with Gasteiger partial charge in [0.05, 0.1) is 11.7 Å². The molecular weight excluding hydrogens is 200 g/mol. The smallest absolute Gasteiger partial charge is 0.0943 e. The van der Waals surface area contributed by atoms with Crippen LogP contribution in [0.4, 0.5) is 0 Å². The third kappa shape index (κ3) is 2.14. The van der Waals surface area contributed by atoms with E-state index in [0.717, 1.165) is 12.5 Å². The summed E-state index contributed by atoms with van der Waals surface area (Å²) in [4.78, 5) is 0. The van der Waals surface area contributed by atoms with E-state index in [1.165, 1.54) is 32.1 Å². The molecule has 94 valence electrons. The predicted molar refractivity (Wildman–Crippen MR) is 65.5 cm³/mol. The molecule has 0 aromatic carbocycles. The molecule has 1 saturated heterocycles. The third-order valence-electron chi connectivity index (χ3n) is 4.64. The summed E-state index contributed by atoms with van der Waals surface area (Å²) in [5.41, 5.74) is 0.466. The van der Waals surface area contributed by atoms with Crippen molar-refractivity contribution in [3.05, 3.63) is 0 Å². The molecule has 0 radical (unpaired) electrons. The summed E-state index contributed by atoms with van der Waals surface area (Å²) >= 11 is 0. The Kier molecular flexibility index (Phi) is 3.33. The molecule has 2 nitrogen and oxygen atoms in total. The fourth-order valence-electron chi connectivity index (χ4n) is 3.44. The molecule has 0 N–H and O–H groups in total. The first-order valence-electron chi connectivity index (χ1n) is 6.65. The van der Waals surface area contributed by atoms with Crippen LogP contribution in [-0.4, -0.2) is 25.4 Å². The summed E-state index contributed by atoms with van der Waals surface area (Å²) in [6.45, 7) is 7.97. The van der Waals surface area contributed by atoms with Crippen molar-refractivity contribution in [1.82, 2.24) is 0 Å². The maximum atomic E-state index is 6.02. The molecule has 0 unspecified atom stereocenters. The highest BCUT2D eigenvalue weighted by Gasteiger charge is 2.48. The Labute approximate surface area is 99.7 Å². The van der Waals surface area contributed by atoms with E-state index in [1.807, 2.05) is 7.11 Å². The van der Waals surface area contributed by atoms with Crippen molar-refractivity contribution in [2.24, 2.45) is 11.3 Å². The maximum absolute atomic E-state index is 6.02. The molecule has 0 bridgehead atoms. The fourth-order valence-corrected chi connectivity index (χ4v) is 3.44. The summed E-state index contributed by atoms with van der Waals surface area (Å²) in [7, 11) is 1.85. The van der Waals surface area contributed by atoms with Gasteiger partial charge in [-0.15, -0.1) is 0 Å². The Balaban J connectivity index is 2.07. The number of hydrogen-bond donors (Lipinski definition) is 0. The molecular formula is C14H26O2. The first kappa shape index (κ1) is 12.4. The van der Waals surface area contributed by atoms with Crippen LogP contribution in [0, 0.1) is 11.3 Å². The van der Waals surface area contributed by atoms with Crippen molar-refractivity contribution in [1.29, 1.82) is 0 Å². The van der Waals surface area contributed by atoms with E-state index >= 15 is 0 Å². The van der Waals surface area contributed by atoms with Crippen LogP contribution >= 0.6 is 0 Å². The van der Waals surface area contributed by atoms with Gasteiger partial charge >= 0.3 is 0 Å². The lowest BCUT2D eigenvalue weighted by Crippen LogP contribution is -2.49. The number of rotatable bonds is 1. The van der Waals surface area contributed by atoms with Crippen LogP contribution in [0.5, 0.6) is 0 Å². The molecule has 16 heavy (non-hydrogen) atoms. The first-order valence-corrected chi connectivity index (χ1v) is 6.65. The van der Waals surface area contributed by atoms with Gasteiger partial charge in [0.25, 0.3) is 0 Å². The second kappa shape index (κ2) is 4.30. The Morgan fingerprint density at radius 2 is 2.00 bits per heavy atom. The van der Waals surface area contributed by atoms with Crippen molar-refractivity contribution in [2.75, 3.05) is 13.7 Å².